The average Bonchev–Trinajstić information content (AvgIpc) is 2.85. The number of thioether (sulfide) groups is 1. The molecule has 0 radical (unpaired) electrons. The second-order valence-electron chi connectivity index (χ2n) is 4.00. The predicted octanol–water partition coefficient (Wildman–Crippen LogP) is 3.26. The minimum atomic E-state index is 0.268. The van der Waals surface area contributed by atoms with Crippen molar-refractivity contribution in [3.63, 3.8) is 0 Å². The van der Waals surface area contributed by atoms with Gasteiger partial charge in [-0.1, -0.05) is 13.3 Å². The highest BCUT2D eigenvalue weighted by Crippen LogP contribution is 2.28. The predicted molar refractivity (Wildman–Crippen MR) is 70.8 cm³/mol. The van der Waals surface area contributed by atoms with Crippen LogP contribution in [0.5, 0.6) is 5.75 Å². The molecule has 1 heterocycles. The number of benzene rings is 1. The third-order valence-electron chi connectivity index (χ3n) is 2.55. The topological polar surface area (TPSA) is 59.2 Å². The molecule has 0 saturated heterocycles. The smallest absolute Gasteiger partial charge is 0.220 e. The number of phenols is 1. The third kappa shape index (κ3) is 3.50. The van der Waals surface area contributed by atoms with Gasteiger partial charge in [-0.2, -0.15) is 0 Å². The zero-order chi connectivity index (χ0) is 12.8. The minimum absolute atomic E-state index is 0.268. The molecule has 5 heteroatoms. The van der Waals surface area contributed by atoms with E-state index in [0.717, 1.165) is 11.3 Å². The molecule has 0 saturated carbocycles. The van der Waals surface area contributed by atoms with Gasteiger partial charge in [0, 0.05) is 4.90 Å². The van der Waals surface area contributed by atoms with Crippen LogP contribution >= 0.6 is 11.8 Å². The Morgan fingerprint density at radius 3 is 3.00 bits per heavy atom. The van der Waals surface area contributed by atoms with Crippen LogP contribution in [0, 0.1) is 0 Å². The van der Waals surface area contributed by atoms with Gasteiger partial charge in [-0.25, -0.2) is 0 Å². The van der Waals surface area contributed by atoms with Crippen molar-refractivity contribution in [1.82, 2.24) is 10.2 Å². The standard InChI is InChI=1S/C13H16N2O2S/c1-2-3-6-18-12-5-4-11(16)7-10(12)8-13-15-14-9-17-13/h4-5,7,9,16H,2-3,6,8H2,1H3. The van der Waals surface area contributed by atoms with E-state index in [9.17, 15) is 5.11 Å². The van der Waals surface area contributed by atoms with Crippen molar-refractivity contribution < 1.29 is 9.52 Å². The molecular weight excluding hydrogens is 248 g/mol. The fraction of sp³-hybridized carbons (Fsp3) is 0.385. The van der Waals surface area contributed by atoms with E-state index >= 15 is 0 Å². The first kappa shape index (κ1) is 13.0. The molecule has 1 N–H and O–H groups in total. The summed E-state index contributed by atoms with van der Waals surface area (Å²) in [4.78, 5) is 1.17. The Kier molecular flexibility index (Phi) is 4.64. The molecule has 0 aliphatic carbocycles. The summed E-state index contributed by atoms with van der Waals surface area (Å²) in [5.41, 5.74) is 1.03. The SMILES string of the molecule is CCCCSc1ccc(O)cc1Cc1nnco1. The van der Waals surface area contributed by atoms with Crippen LogP contribution in [0.15, 0.2) is 33.9 Å². The Labute approximate surface area is 110 Å². The number of hydrogen-bond acceptors (Lipinski definition) is 5. The number of rotatable bonds is 6. The van der Waals surface area contributed by atoms with Gasteiger partial charge < -0.3 is 9.52 Å². The molecule has 2 rings (SSSR count). The Hall–Kier alpha value is -1.49. The highest BCUT2D eigenvalue weighted by molar-refractivity contribution is 7.99. The van der Waals surface area contributed by atoms with Crippen molar-refractivity contribution in [2.45, 2.75) is 31.1 Å². The van der Waals surface area contributed by atoms with Crippen molar-refractivity contribution in [1.29, 1.82) is 0 Å². The molecular formula is C13H16N2O2S. The molecule has 0 atom stereocenters. The molecule has 2 aromatic rings. The first-order chi connectivity index (χ1) is 8.79. The normalized spacial score (nSPS) is 10.7. The van der Waals surface area contributed by atoms with Gasteiger partial charge >= 0.3 is 0 Å². The molecule has 4 nitrogen and oxygen atoms in total. The van der Waals surface area contributed by atoms with Crippen LogP contribution < -0.4 is 0 Å². The quantitative estimate of drug-likeness (QED) is 0.641. The lowest BCUT2D eigenvalue weighted by atomic mass is 10.1. The lowest BCUT2D eigenvalue weighted by molar-refractivity contribution is 0.472. The minimum Gasteiger partial charge on any atom is -0.508 e. The highest BCUT2D eigenvalue weighted by atomic mass is 32.2. The lowest BCUT2D eigenvalue weighted by Gasteiger charge is -2.08. The lowest BCUT2D eigenvalue weighted by Crippen LogP contribution is -1.92. The van der Waals surface area contributed by atoms with Crippen LogP contribution in [0.4, 0.5) is 0 Å². The van der Waals surface area contributed by atoms with E-state index in [-0.39, 0.29) is 5.75 Å². The van der Waals surface area contributed by atoms with Crippen molar-refractivity contribution in [2.75, 3.05) is 5.75 Å². The Morgan fingerprint density at radius 2 is 2.28 bits per heavy atom. The van der Waals surface area contributed by atoms with Crippen molar-refractivity contribution in [3.8, 4) is 5.75 Å². The van der Waals surface area contributed by atoms with Gasteiger partial charge in [0.2, 0.25) is 12.3 Å². The first-order valence-corrected chi connectivity index (χ1v) is 6.98. The molecule has 1 aromatic heterocycles. The zero-order valence-electron chi connectivity index (χ0n) is 10.3. The molecule has 0 aliphatic rings. The van der Waals surface area contributed by atoms with E-state index in [4.69, 9.17) is 4.42 Å². The van der Waals surface area contributed by atoms with E-state index in [1.807, 2.05) is 6.07 Å². The van der Waals surface area contributed by atoms with Crippen LogP contribution in [0.1, 0.15) is 31.2 Å². The molecule has 18 heavy (non-hydrogen) atoms. The van der Waals surface area contributed by atoms with Gasteiger partial charge in [0.1, 0.15) is 5.75 Å². The van der Waals surface area contributed by atoms with Gasteiger partial charge in [0.05, 0.1) is 6.42 Å². The molecule has 0 unspecified atom stereocenters. The van der Waals surface area contributed by atoms with Crippen LogP contribution in [0.25, 0.3) is 0 Å². The van der Waals surface area contributed by atoms with E-state index < -0.39 is 0 Å². The third-order valence-corrected chi connectivity index (χ3v) is 3.75. The first-order valence-electron chi connectivity index (χ1n) is 5.99. The summed E-state index contributed by atoms with van der Waals surface area (Å²) in [6.07, 6.45) is 4.25. The fourth-order valence-electron chi connectivity index (χ4n) is 1.61. The fourth-order valence-corrected chi connectivity index (χ4v) is 2.74. The average molecular weight is 264 g/mol. The monoisotopic (exact) mass is 264 g/mol. The summed E-state index contributed by atoms with van der Waals surface area (Å²) in [5, 5.41) is 17.1. The van der Waals surface area contributed by atoms with E-state index in [1.54, 1.807) is 23.9 Å². The van der Waals surface area contributed by atoms with Gasteiger partial charge in [-0.15, -0.1) is 22.0 Å². The number of phenolic OH excluding ortho intramolecular Hbond substituents is 1. The number of hydrogen-bond donors (Lipinski definition) is 1. The maximum Gasteiger partial charge on any atom is 0.220 e. The van der Waals surface area contributed by atoms with Crippen molar-refractivity contribution >= 4 is 11.8 Å². The largest absolute Gasteiger partial charge is 0.508 e. The summed E-state index contributed by atoms with van der Waals surface area (Å²) in [6.45, 7) is 2.18. The molecule has 0 bridgehead atoms. The Morgan fingerprint density at radius 1 is 1.39 bits per heavy atom. The summed E-state index contributed by atoms with van der Waals surface area (Å²) in [6, 6.07) is 5.42. The number of aromatic nitrogens is 2. The molecule has 96 valence electrons. The number of unbranched alkanes of at least 4 members (excludes halogenated alkanes) is 1. The number of aromatic hydroxyl groups is 1. The Bertz CT molecular complexity index is 486. The van der Waals surface area contributed by atoms with E-state index in [0.29, 0.717) is 12.3 Å². The van der Waals surface area contributed by atoms with Crippen LogP contribution in [-0.4, -0.2) is 21.1 Å². The molecule has 0 fully saturated rings. The maximum atomic E-state index is 9.56. The van der Waals surface area contributed by atoms with Crippen LogP contribution in [-0.2, 0) is 6.42 Å². The van der Waals surface area contributed by atoms with Gasteiger partial charge in [-0.3, -0.25) is 0 Å². The van der Waals surface area contributed by atoms with Crippen LogP contribution in [0.2, 0.25) is 0 Å². The molecule has 1 aromatic carbocycles. The Balaban J connectivity index is 2.12. The second kappa shape index (κ2) is 6.44. The summed E-state index contributed by atoms with van der Waals surface area (Å²) < 4.78 is 5.14. The molecule has 0 amide bonds. The molecule has 0 aliphatic heterocycles. The highest BCUT2D eigenvalue weighted by Gasteiger charge is 2.08. The van der Waals surface area contributed by atoms with Gasteiger partial charge in [0.15, 0.2) is 0 Å². The van der Waals surface area contributed by atoms with E-state index in [2.05, 4.69) is 17.1 Å². The summed E-state index contributed by atoms with van der Waals surface area (Å²) >= 11 is 1.80. The zero-order valence-corrected chi connectivity index (χ0v) is 11.1. The molecule has 0 spiro atoms. The van der Waals surface area contributed by atoms with E-state index in [1.165, 1.54) is 24.1 Å². The van der Waals surface area contributed by atoms with Crippen LogP contribution in [0.3, 0.4) is 0 Å². The summed E-state index contributed by atoms with van der Waals surface area (Å²) in [5.74, 6) is 1.92. The second-order valence-corrected chi connectivity index (χ2v) is 5.14. The van der Waals surface area contributed by atoms with Gasteiger partial charge in [0.25, 0.3) is 0 Å². The summed E-state index contributed by atoms with van der Waals surface area (Å²) in [7, 11) is 0. The van der Waals surface area contributed by atoms with Gasteiger partial charge in [-0.05, 0) is 35.9 Å². The van der Waals surface area contributed by atoms with Crippen molar-refractivity contribution in [2.24, 2.45) is 0 Å². The maximum absolute atomic E-state index is 9.56. The number of nitrogens with zero attached hydrogens (tertiary/aromatic N) is 2. The van der Waals surface area contributed by atoms with Crippen molar-refractivity contribution in [3.05, 3.63) is 36.0 Å².